The zero-order valence-corrected chi connectivity index (χ0v) is 24.1. The lowest BCUT2D eigenvalue weighted by Crippen LogP contribution is -2.72. The van der Waals surface area contributed by atoms with E-state index in [9.17, 15) is 5.11 Å². The fourth-order valence-corrected chi connectivity index (χ4v) is 10.4. The summed E-state index contributed by atoms with van der Waals surface area (Å²) in [5.74, 6) is 10.4. The van der Waals surface area contributed by atoms with Gasteiger partial charge in [-0.15, -0.1) is 11.8 Å². The van der Waals surface area contributed by atoms with Gasteiger partial charge in [0.05, 0.1) is 30.8 Å². The zero-order chi connectivity index (χ0) is 26.1. The molecule has 1 aromatic heterocycles. The van der Waals surface area contributed by atoms with Crippen molar-refractivity contribution in [3.8, 4) is 11.8 Å². The van der Waals surface area contributed by atoms with Crippen molar-refractivity contribution >= 4 is 11.8 Å². The highest BCUT2D eigenvalue weighted by molar-refractivity contribution is 8.01. The van der Waals surface area contributed by atoms with E-state index in [4.69, 9.17) is 9.15 Å². The largest absolute Gasteiger partial charge is 0.501 e. The van der Waals surface area contributed by atoms with Gasteiger partial charge in [0, 0.05) is 47.4 Å². The average Bonchev–Trinajstić information content (AvgIpc) is 3.65. The molecular weight excluding hydrogens is 492 g/mol. The molecule has 7 rings (SSSR count). The van der Waals surface area contributed by atoms with Crippen LogP contribution in [0.4, 0.5) is 0 Å². The van der Waals surface area contributed by atoms with Crippen molar-refractivity contribution in [1.29, 1.82) is 0 Å². The molecule has 6 aliphatic heterocycles. The van der Waals surface area contributed by atoms with Crippen LogP contribution in [0, 0.1) is 35.0 Å². The maximum atomic E-state index is 12.2. The standard InChI is InChI=1S/C32H44N2O3S/c1-22-4-6-27(24-9-16-36-18-24)33-20-31(11-8-26(22)33)13-15-32(38-21-31)14-12-30(3)23(2)5-7-28(34(30)29(32)35)25-10-17-37-19-25/h9-10,16-18,22-23,25-29,35H,4-8,11-12,14,19-21H2,1-3H3/t22-,23-,25+,26+,27?,28?,29-,30+,31+,32+/m1/s1. The quantitative estimate of drug-likeness (QED) is 0.481. The Morgan fingerprint density at radius 2 is 1.95 bits per heavy atom. The van der Waals surface area contributed by atoms with Crippen LogP contribution in [0.25, 0.3) is 0 Å². The van der Waals surface area contributed by atoms with Crippen molar-refractivity contribution in [2.45, 2.75) is 107 Å². The molecular formula is C32H44N2O3S. The van der Waals surface area contributed by atoms with E-state index in [0.29, 0.717) is 30.0 Å². The van der Waals surface area contributed by atoms with Crippen LogP contribution >= 0.6 is 11.8 Å². The van der Waals surface area contributed by atoms with Crippen molar-refractivity contribution in [2.24, 2.45) is 23.2 Å². The van der Waals surface area contributed by atoms with Crippen molar-refractivity contribution < 1.29 is 14.3 Å². The summed E-state index contributed by atoms with van der Waals surface area (Å²) < 4.78 is 10.8. The molecule has 2 spiro atoms. The lowest BCUT2D eigenvalue weighted by molar-refractivity contribution is -0.175. The Bertz CT molecular complexity index is 1130. The lowest BCUT2D eigenvalue weighted by Gasteiger charge is -2.63. The van der Waals surface area contributed by atoms with Crippen LogP contribution in [0.3, 0.4) is 0 Å². The van der Waals surface area contributed by atoms with Crippen LogP contribution in [-0.2, 0) is 4.74 Å². The van der Waals surface area contributed by atoms with Crippen LogP contribution < -0.4 is 0 Å². The summed E-state index contributed by atoms with van der Waals surface area (Å²) in [6.07, 6.45) is 16.6. The van der Waals surface area contributed by atoms with Gasteiger partial charge in [0.1, 0.15) is 11.0 Å². The normalized spacial score (nSPS) is 48.8. The fourth-order valence-electron chi connectivity index (χ4n) is 8.93. The SMILES string of the molecule is C[C@@H]1CCC(c2ccoc2)N2C[C@@]3(C#C[C@]4(CC[C@@]5(C)[C@H](C)CCC([C@H]6C=COC6)N5[C@@H]4O)SC3)CC[C@@H]12. The summed E-state index contributed by atoms with van der Waals surface area (Å²) in [4.78, 5) is 5.28. The highest BCUT2D eigenvalue weighted by atomic mass is 32.2. The minimum absolute atomic E-state index is 0.0151. The monoisotopic (exact) mass is 536 g/mol. The van der Waals surface area contributed by atoms with E-state index in [-0.39, 0.29) is 15.7 Å². The Morgan fingerprint density at radius 3 is 2.68 bits per heavy atom. The number of hydrogen-bond acceptors (Lipinski definition) is 6. The number of ether oxygens (including phenoxy) is 1. The Kier molecular flexibility index (Phi) is 6.28. The highest BCUT2D eigenvalue weighted by Gasteiger charge is 2.60. The molecule has 206 valence electrons. The van der Waals surface area contributed by atoms with Crippen LogP contribution in [0.2, 0.25) is 0 Å². The van der Waals surface area contributed by atoms with E-state index in [1.54, 1.807) is 0 Å². The Balaban J connectivity index is 1.17. The number of piperidine rings is 4. The van der Waals surface area contributed by atoms with Gasteiger partial charge in [-0.2, -0.15) is 0 Å². The fraction of sp³-hybridized carbons (Fsp3) is 0.750. The Hall–Kier alpha value is -1.39. The minimum Gasteiger partial charge on any atom is -0.501 e. The number of aliphatic hydroxyl groups excluding tert-OH is 1. The van der Waals surface area contributed by atoms with Gasteiger partial charge in [-0.1, -0.05) is 25.7 Å². The first-order chi connectivity index (χ1) is 18.3. The van der Waals surface area contributed by atoms with Gasteiger partial charge >= 0.3 is 0 Å². The molecule has 0 aromatic carbocycles. The molecule has 1 aromatic rings. The molecule has 10 atom stereocenters. The maximum absolute atomic E-state index is 12.2. The molecule has 0 aliphatic carbocycles. The number of nitrogens with zero attached hydrogens (tertiary/aromatic N) is 2. The van der Waals surface area contributed by atoms with Crippen molar-refractivity contribution in [2.75, 3.05) is 18.9 Å². The Labute approximate surface area is 232 Å². The van der Waals surface area contributed by atoms with Gasteiger partial charge < -0.3 is 14.3 Å². The molecule has 5 nitrogen and oxygen atoms in total. The number of hydrogen-bond donors (Lipinski definition) is 1. The molecule has 0 amide bonds. The first-order valence-corrected chi connectivity index (χ1v) is 16.0. The van der Waals surface area contributed by atoms with Gasteiger partial charge in [0.2, 0.25) is 0 Å². The van der Waals surface area contributed by atoms with Gasteiger partial charge in [-0.3, -0.25) is 9.80 Å². The van der Waals surface area contributed by atoms with Gasteiger partial charge in [-0.25, -0.2) is 0 Å². The summed E-state index contributed by atoms with van der Waals surface area (Å²) in [6, 6.07) is 3.55. The second kappa shape index (κ2) is 9.33. The molecule has 0 bridgehead atoms. The van der Waals surface area contributed by atoms with Gasteiger partial charge in [-0.05, 0) is 82.3 Å². The van der Waals surface area contributed by atoms with E-state index < -0.39 is 6.23 Å². The highest BCUT2D eigenvalue weighted by Crippen LogP contribution is 2.56. The number of rotatable bonds is 2. The van der Waals surface area contributed by atoms with Crippen LogP contribution in [0.5, 0.6) is 0 Å². The molecule has 38 heavy (non-hydrogen) atoms. The summed E-state index contributed by atoms with van der Waals surface area (Å²) in [5, 5.41) is 12.2. The second-order valence-electron chi connectivity index (χ2n) is 13.6. The van der Waals surface area contributed by atoms with E-state index >= 15 is 0 Å². The van der Waals surface area contributed by atoms with Crippen LogP contribution in [0.15, 0.2) is 35.3 Å². The van der Waals surface area contributed by atoms with Crippen molar-refractivity contribution in [3.63, 3.8) is 0 Å². The van der Waals surface area contributed by atoms with Gasteiger partial charge in [0.15, 0.2) is 0 Å². The molecule has 0 saturated carbocycles. The van der Waals surface area contributed by atoms with Gasteiger partial charge in [0.25, 0.3) is 0 Å². The maximum Gasteiger partial charge on any atom is 0.134 e. The van der Waals surface area contributed by atoms with Crippen LogP contribution in [0.1, 0.15) is 83.7 Å². The number of aliphatic hydroxyl groups is 1. The van der Waals surface area contributed by atoms with E-state index in [1.165, 1.54) is 37.7 Å². The zero-order valence-electron chi connectivity index (χ0n) is 23.3. The van der Waals surface area contributed by atoms with E-state index in [1.807, 2.05) is 30.6 Å². The summed E-state index contributed by atoms with van der Waals surface area (Å²) in [5.41, 5.74) is 1.35. The van der Waals surface area contributed by atoms with Crippen molar-refractivity contribution in [1.82, 2.24) is 9.80 Å². The molecule has 4 fully saturated rings. The smallest absolute Gasteiger partial charge is 0.134 e. The van der Waals surface area contributed by atoms with Crippen molar-refractivity contribution in [3.05, 3.63) is 36.5 Å². The predicted molar refractivity (Wildman–Crippen MR) is 151 cm³/mol. The third-order valence-corrected chi connectivity index (χ3v) is 13.4. The number of thioether (sulfide) groups is 1. The molecule has 4 saturated heterocycles. The topological polar surface area (TPSA) is 49.1 Å². The lowest BCUT2D eigenvalue weighted by atomic mass is 9.67. The number of furan rings is 1. The molecule has 7 heterocycles. The Morgan fingerprint density at radius 1 is 1.05 bits per heavy atom. The first-order valence-electron chi connectivity index (χ1n) is 15.1. The van der Waals surface area contributed by atoms with Crippen LogP contribution in [-0.4, -0.2) is 62.4 Å². The number of fused-ring (bicyclic) bond motifs is 2. The third-order valence-electron chi connectivity index (χ3n) is 11.6. The summed E-state index contributed by atoms with van der Waals surface area (Å²) >= 11 is 1.98. The van der Waals surface area contributed by atoms with E-state index in [0.717, 1.165) is 44.1 Å². The minimum atomic E-state index is -0.539. The molecule has 6 heteroatoms. The average molecular weight is 537 g/mol. The predicted octanol–water partition coefficient (Wildman–Crippen LogP) is 5.82. The summed E-state index contributed by atoms with van der Waals surface area (Å²) in [7, 11) is 0. The molecule has 6 aliphatic rings. The summed E-state index contributed by atoms with van der Waals surface area (Å²) in [6.45, 7) is 9.00. The molecule has 1 N–H and O–H groups in total. The molecule has 0 radical (unpaired) electrons. The molecule has 2 unspecified atom stereocenters. The van der Waals surface area contributed by atoms with E-state index in [2.05, 4.69) is 54.6 Å². The second-order valence-corrected chi connectivity index (χ2v) is 14.9. The third kappa shape index (κ3) is 3.86. The first kappa shape index (κ1) is 25.6.